The van der Waals surface area contributed by atoms with Crippen molar-refractivity contribution in [1.29, 1.82) is 0 Å². The molecule has 0 radical (unpaired) electrons. The van der Waals surface area contributed by atoms with Gasteiger partial charge in [0.25, 0.3) is 0 Å². The van der Waals surface area contributed by atoms with E-state index in [9.17, 15) is 8.42 Å². The molecule has 1 N–H and O–H groups in total. The molecule has 0 saturated carbocycles. The Morgan fingerprint density at radius 2 is 2.00 bits per heavy atom. The summed E-state index contributed by atoms with van der Waals surface area (Å²) < 4.78 is 29.1. The van der Waals surface area contributed by atoms with Crippen LogP contribution in [0.1, 0.15) is 33.6 Å². The van der Waals surface area contributed by atoms with Gasteiger partial charge in [-0.3, -0.25) is 5.32 Å². The molecule has 0 aromatic rings. The first-order valence-electron chi connectivity index (χ1n) is 5.86. The molecule has 2 fully saturated rings. The molecular formula is C11H21NO3S. The Balaban J connectivity index is 2.13. The van der Waals surface area contributed by atoms with E-state index in [1.54, 1.807) is 0 Å². The fourth-order valence-electron chi connectivity index (χ4n) is 2.75. The van der Waals surface area contributed by atoms with Gasteiger partial charge in [-0.05, 0) is 33.6 Å². The van der Waals surface area contributed by atoms with Gasteiger partial charge in [0.15, 0.2) is 9.84 Å². The summed E-state index contributed by atoms with van der Waals surface area (Å²) in [5.74, 6) is 0.670. The van der Waals surface area contributed by atoms with Crippen LogP contribution in [0.2, 0.25) is 0 Å². The Hall–Kier alpha value is -0.130. The van der Waals surface area contributed by atoms with Gasteiger partial charge in [0, 0.05) is 11.5 Å². The van der Waals surface area contributed by atoms with E-state index in [1.807, 2.05) is 6.92 Å². The Bertz CT molecular complexity index is 377. The van der Waals surface area contributed by atoms with Crippen molar-refractivity contribution in [3.8, 4) is 0 Å². The normalized spacial score (nSPS) is 42.1. The number of nitrogens with one attached hydrogen (secondary N) is 1. The Kier molecular flexibility index (Phi) is 2.84. The summed E-state index contributed by atoms with van der Waals surface area (Å²) in [5, 5.41) is 3.43. The zero-order valence-electron chi connectivity index (χ0n) is 10.2. The number of ether oxygens (including phenoxy) is 1. The summed E-state index contributed by atoms with van der Waals surface area (Å²) >= 11 is 0. The van der Waals surface area contributed by atoms with E-state index >= 15 is 0 Å². The van der Waals surface area contributed by atoms with E-state index in [0.29, 0.717) is 12.4 Å². The molecule has 5 heteroatoms. The Morgan fingerprint density at radius 1 is 1.31 bits per heavy atom. The second-order valence-corrected chi connectivity index (χ2v) is 8.09. The third kappa shape index (κ3) is 2.41. The summed E-state index contributed by atoms with van der Waals surface area (Å²) in [5.41, 5.74) is -0.535. The second kappa shape index (κ2) is 3.68. The van der Waals surface area contributed by atoms with Crippen molar-refractivity contribution in [2.45, 2.75) is 44.9 Å². The summed E-state index contributed by atoms with van der Waals surface area (Å²) in [6.07, 6.45) is 1.69. The smallest absolute Gasteiger partial charge is 0.150 e. The summed E-state index contributed by atoms with van der Waals surface area (Å²) in [4.78, 5) is 0. The summed E-state index contributed by atoms with van der Waals surface area (Å²) in [6.45, 7) is 6.78. The van der Waals surface area contributed by atoms with Crippen LogP contribution in [-0.4, -0.2) is 37.8 Å². The van der Waals surface area contributed by atoms with Crippen molar-refractivity contribution in [2.75, 3.05) is 18.1 Å². The maximum Gasteiger partial charge on any atom is 0.150 e. The summed E-state index contributed by atoms with van der Waals surface area (Å²) in [6, 6.07) is 0. The molecule has 2 unspecified atom stereocenters. The quantitative estimate of drug-likeness (QED) is 0.749. The van der Waals surface area contributed by atoms with Crippen LogP contribution in [0, 0.1) is 5.92 Å². The zero-order chi connectivity index (χ0) is 12.0. The number of hydrogen-bond donors (Lipinski definition) is 1. The highest BCUT2D eigenvalue weighted by Crippen LogP contribution is 2.35. The first-order chi connectivity index (χ1) is 7.23. The third-order valence-electron chi connectivity index (χ3n) is 3.56. The van der Waals surface area contributed by atoms with E-state index in [2.05, 4.69) is 19.2 Å². The van der Waals surface area contributed by atoms with E-state index < -0.39 is 15.6 Å². The highest BCUT2D eigenvalue weighted by molar-refractivity contribution is 7.91. The molecule has 2 aliphatic heterocycles. The van der Waals surface area contributed by atoms with Crippen molar-refractivity contribution < 1.29 is 13.2 Å². The maximum absolute atomic E-state index is 11.6. The van der Waals surface area contributed by atoms with Crippen LogP contribution in [0.3, 0.4) is 0 Å². The maximum atomic E-state index is 11.6. The highest BCUT2D eigenvalue weighted by Gasteiger charge is 2.47. The van der Waals surface area contributed by atoms with Gasteiger partial charge in [0.05, 0.1) is 18.1 Å². The minimum atomic E-state index is -2.86. The van der Waals surface area contributed by atoms with Crippen LogP contribution in [0.5, 0.6) is 0 Å². The largest absolute Gasteiger partial charge is 0.359 e. The second-order valence-electron chi connectivity index (χ2n) is 5.86. The van der Waals surface area contributed by atoms with Crippen molar-refractivity contribution >= 4 is 9.84 Å². The van der Waals surface area contributed by atoms with Gasteiger partial charge >= 0.3 is 0 Å². The first kappa shape index (κ1) is 12.3. The van der Waals surface area contributed by atoms with Crippen LogP contribution in [0.25, 0.3) is 0 Å². The number of hydrogen-bond acceptors (Lipinski definition) is 4. The SMILES string of the molecule is CC1(C)COC(C)(C2CCCS(=O)(=O)C2)N1. The molecule has 2 atom stereocenters. The monoisotopic (exact) mass is 247 g/mol. The Labute approximate surface area is 97.7 Å². The van der Waals surface area contributed by atoms with Gasteiger partial charge in [-0.1, -0.05) is 0 Å². The van der Waals surface area contributed by atoms with Crippen molar-refractivity contribution in [1.82, 2.24) is 5.32 Å². The molecule has 2 rings (SSSR count). The lowest BCUT2D eigenvalue weighted by Gasteiger charge is -2.37. The van der Waals surface area contributed by atoms with E-state index in [1.165, 1.54) is 0 Å². The molecule has 94 valence electrons. The molecule has 2 heterocycles. The van der Waals surface area contributed by atoms with Crippen molar-refractivity contribution in [2.24, 2.45) is 5.92 Å². The molecule has 0 aliphatic carbocycles. The van der Waals surface area contributed by atoms with Crippen LogP contribution >= 0.6 is 0 Å². The average molecular weight is 247 g/mol. The van der Waals surface area contributed by atoms with Crippen LogP contribution < -0.4 is 5.32 Å². The topological polar surface area (TPSA) is 55.4 Å². The lowest BCUT2D eigenvalue weighted by Crippen LogP contribution is -2.53. The van der Waals surface area contributed by atoms with Gasteiger partial charge in [-0.2, -0.15) is 0 Å². The summed E-state index contributed by atoms with van der Waals surface area (Å²) in [7, 11) is -2.86. The van der Waals surface area contributed by atoms with Gasteiger partial charge in [0.1, 0.15) is 5.72 Å². The molecule has 0 amide bonds. The minimum absolute atomic E-state index is 0.0596. The van der Waals surface area contributed by atoms with Crippen molar-refractivity contribution in [3.05, 3.63) is 0 Å². The minimum Gasteiger partial charge on any atom is -0.359 e. The van der Waals surface area contributed by atoms with Gasteiger partial charge in [-0.15, -0.1) is 0 Å². The molecule has 16 heavy (non-hydrogen) atoms. The van der Waals surface area contributed by atoms with E-state index in [0.717, 1.165) is 12.8 Å². The predicted molar refractivity (Wildman–Crippen MR) is 62.9 cm³/mol. The lowest BCUT2D eigenvalue weighted by molar-refractivity contribution is -0.0397. The van der Waals surface area contributed by atoms with E-state index in [4.69, 9.17) is 4.74 Å². The molecular weight excluding hydrogens is 226 g/mol. The standard InChI is InChI=1S/C11H21NO3S/c1-10(2)8-15-11(3,12-10)9-5-4-6-16(13,14)7-9/h9,12H,4-8H2,1-3H3. The first-order valence-corrected chi connectivity index (χ1v) is 7.68. The average Bonchev–Trinajstić information content (AvgIpc) is 2.40. The molecule has 0 spiro atoms. The molecule has 0 aromatic heterocycles. The fourth-order valence-corrected chi connectivity index (χ4v) is 4.62. The van der Waals surface area contributed by atoms with Crippen LogP contribution in [0.15, 0.2) is 0 Å². The molecule has 0 bridgehead atoms. The fraction of sp³-hybridized carbons (Fsp3) is 1.00. The third-order valence-corrected chi connectivity index (χ3v) is 5.38. The van der Waals surface area contributed by atoms with Crippen LogP contribution in [0.4, 0.5) is 0 Å². The molecule has 0 aromatic carbocycles. The molecule has 2 saturated heterocycles. The zero-order valence-corrected chi connectivity index (χ0v) is 11.1. The number of rotatable bonds is 1. The van der Waals surface area contributed by atoms with Gasteiger partial charge < -0.3 is 4.74 Å². The van der Waals surface area contributed by atoms with Crippen LogP contribution in [-0.2, 0) is 14.6 Å². The predicted octanol–water partition coefficient (Wildman–Crippen LogP) is 0.926. The van der Waals surface area contributed by atoms with Gasteiger partial charge in [0.2, 0.25) is 0 Å². The van der Waals surface area contributed by atoms with Gasteiger partial charge in [-0.25, -0.2) is 8.42 Å². The lowest BCUT2D eigenvalue weighted by atomic mass is 9.93. The highest BCUT2D eigenvalue weighted by atomic mass is 32.2. The molecule has 4 nitrogen and oxygen atoms in total. The number of sulfone groups is 1. The van der Waals surface area contributed by atoms with Crippen molar-refractivity contribution in [3.63, 3.8) is 0 Å². The molecule has 2 aliphatic rings. The van der Waals surface area contributed by atoms with E-state index in [-0.39, 0.29) is 17.2 Å². The Morgan fingerprint density at radius 3 is 2.50 bits per heavy atom.